The molecule has 1 fully saturated rings. The minimum absolute atomic E-state index is 0.448. The van der Waals surface area contributed by atoms with Gasteiger partial charge in [-0.15, -0.1) is 0 Å². The van der Waals surface area contributed by atoms with Crippen LogP contribution in [0, 0.1) is 6.92 Å². The average molecular weight is 467 g/mol. The van der Waals surface area contributed by atoms with Crippen molar-refractivity contribution in [3.05, 3.63) is 60.8 Å². The van der Waals surface area contributed by atoms with E-state index in [0.29, 0.717) is 33.8 Å². The lowest BCUT2D eigenvalue weighted by molar-refractivity contribution is -0.123. The van der Waals surface area contributed by atoms with Crippen LogP contribution in [0.15, 0.2) is 55.0 Å². The van der Waals surface area contributed by atoms with Gasteiger partial charge < -0.3 is 9.72 Å². The van der Waals surface area contributed by atoms with Crippen LogP contribution in [0.1, 0.15) is 18.7 Å². The van der Waals surface area contributed by atoms with Gasteiger partial charge in [-0.3, -0.25) is 9.67 Å². The van der Waals surface area contributed by atoms with E-state index in [4.69, 9.17) is 16.3 Å². The molecule has 1 saturated carbocycles. The number of benzene rings is 2. The Kier molecular flexibility index (Phi) is 4.22. The summed E-state index contributed by atoms with van der Waals surface area (Å²) in [6.45, 7) is 1.90. The van der Waals surface area contributed by atoms with Gasteiger partial charge in [0.1, 0.15) is 22.3 Å². The number of nitrogens with one attached hydrogen (secondary N) is 1. The number of aryl methyl sites for hydroxylation is 1. The molecule has 0 spiro atoms. The van der Waals surface area contributed by atoms with Crippen LogP contribution in [0.25, 0.3) is 33.3 Å². The van der Waals surface area contributed by atoms with Crippen LogP contribution in [0.2, 0.25) is 0 Å². The highest BCUT2D eigenvalue weighted by Gasteiger charge is 2.57. The lowest BCUT2D eigenvalue weighted by Gasteiger charge is -2.42. The first-order valence-electron chi connectivity index (χ1n) is 10.3. The van der Waals surface area contributed by atoms with E-state index in [2.05, 4.69) is 25.0 Å². The number of fused-ring (bicyclic) bond motifs is 2. The molecule has 6 rings (SSSR count). The number of imidazole rings is 1. The summed E-state index contributed by atoms with van der Waals surface area (Å²) in [6.07, 6.45) is 3.90. The fourth-order valence-electron chi connectivity index (χ4n) is 4.09. The van der Waals surface area contributed by atoms with Crippen LogP contribution in [0.3, 0.4) is 0 Å². The second-order valence-corrected chi connectivity index (χ2v) is 9.01. The van der Waals surface area contributed by atoms with Crippen LogP contribution in [0.5, 0.6) is 11.5 Å². The number of H-pyrrole nitrogens is 1. The van der Waals surface area contributed by atoms with Crippen molar-refractivity contribution >= 4 is 33.7 Å². The summed E-state index contributed by atoms with van der Waals surface area (Å²) in [5.41, 5.74) is 4.31. The molecule has 166 valence electrons. The molecule has 0 unspecified atom stereocenters. The molecular weight excluding hydrogens is 450 g/mol. The summed E-state index contributed by atoms with van der Waals surface area (Å²) in [5.74, 6) is -0.643. The number of rotatable bonds is 4. The molecule has 3 heterocycles. The monoisotopic (exact) mass is 466 g/mol. The first-order chi connectivity index (χ1) is 15.8. The van der Waals surface area contributed by atoms with Gasteiger partial charge in [0.25, 0.3) is 5.92 Å². The molecular formula is C23H17ClF2N6O. The molecule has 0 bridgehead atoms. The Hall–Kier alpha value is -3.59. The van der Waals surface area contributed by atoms with Crippen LogP contribution < -0.4 is 4.74 Å². The van der Waals surface area contributed by atoms with E-state index in [9.17, 15) is 8.78 Å². The number of hydrogen-bond acceptors (Lipinski definition) is 5. The van der Waals surface area contributed by atoms with Crippen molar-refractivity contribution in [1.82, 2.24) is 29.7 Å². The zero-order valence-electron chi connectivity index (χ0n) is 17.4. The summed E-state index contributed by atoms with van der Waals surface area (Å²) >= 11 is 6.31. The van der Waals surface area contributed by atoms with Crippen molar-refractivity contribution in [3.63, 3.8) is 0 Å². The Morgan fingerprint density at radius 2 is 1.76 bits per heavy atom. The van der Waals surface area contributed by atoms with Gasteiger partial charge in [0.2, 0.25) is 0 Å². The Labute approximate surface area is 191 Å². The number of ether oxygens (including phenoxy) is 1. The fraction of sp³-hybridized carbons (Fsp3) is 0.217. The Balaban J connectivity index is 1.28. The van der Waals surface area contributed by atoms with E-state index in [1.54, 1.807) is 24.7 Å². The van der Waals surface area contributed by atoms with Gasteiger partial charge in [-0.2, -0.15) is 5.10 Å². The third-order valence-electron chi connectivity index (χ3n) is 5.67. The maximum absolute atomic E-state index is 13.3. The molecule has 5 aromatic rings. The topological polar surface area (TPSA) is 81.5 Å². The van der Waals surface area contributed by atoms with Gasteiger partial charge in [-0.05, 0) is 31.2 Å². The molecule has 1 aliphatic rings. The predicted molar refractivity (Wildman–Crippen MR) is 120 cm³/mol. The Bertz CT molecular complexity index is 1520. The number of aromatic amines is 1. The number of alkyl halides is 3. The lowest BCUT2D eigenvalue weighted by atomic mass is 9.87. The van der Waals surface area contributed by atoms with Gasteiger partial charge in [-0.25, -0.2) is 18.7 Å². The molecule has 0 atom stereocenters. The van der Waals surface area contributed by atoms with Gasteiger partial charge in [-0.1, -0.05) is 11.6 Å². The van der Waals surface area contributed by atoms with Crippen LogP contribution >= 0.6 is 11.6 Å². The van der Waals surface area contributed by atoms with Crippen molar-refractivity contribution in [1.29, 1.82) is 0 Å². The third kappa shape index (κ3) is 3.58. The summed E-state index contributed by atoms with van der Waals surface area (Å²) in [5, 5.41) is 4.18. The molecule has 0 radical (unpaired) electrons. The first kappa shape index (κ1) is 20.0. The van der Waals surface area contributed by atoms with Gasteiger partial charge >= 0.3 is 0 Å². The molecule has 1 N–H and O–H groups in total. The van der Waals surface area contributed by atoms with Gasteiger partial charge in [0.15, 0.2) is 0 Å². The number of hydrogen-bond donors (Lipinski definition) is 1. The zero-order chi connectivity index (χ0) is 22.8. The second kappa shape index (κ2) is 6.95. The minimum Gasteiger partial charge on any atom is -0.457 e. The van der Waals surface area contributed by atoms with Crippen molar-refractivity contribution in [2.24, 2.45) is 0 Å². The zero-order valence-corrected chi connectivity index (χ0v) is 18.1. The Morgan fingerprint density at radius 1 is 1.00 bits per heavy atom. The minimum atomic E-state index is -2.76. The van der Waals surface area contributed by atoms with Crippen LogP contribution in [-0.4, -0.2) is 35.6 Å². The molecule has 33 heavy (non-hydrogen) atoms. The average Bonchev–Trinajstić information content (AvgIpc) is 3.38. The third-order valence-corrected chi connectivity index (χ3v) is 6.11. The van der Waals surface area contributed by atoms with Crippen molar-refractivity contribution in [2.75, 3.05) is 0 Å². The maximum Gasteiger partial charge on any atom is 0.255 e. The normalized spacial score (nSPS) is 16.7. The second-order valence-electron chi connectivity index (χ2n) is 8.31. The summed E-state index contributed by atoms with van der Waals surface area (Å²) in [4.78, 5) is 15.5. The molecule has 10 heteroatoms. The van der Waals surface area contributed by atoms with E-state index in [0.717, 1.165) is 16.9 Å². The molecule has 1 aliphatic carbocycles. The highest BCUT2D eigenvalue weighted by atomic mass is 35.5. The SMILES string of the molecule is Cc1nc2ccc(Oc3ccc4ncc(-c5cnn(C6(Cl)CC(F)(F)C6)c5)nc4c3)cc2[nH]1. The van der Waals surface area contributed by atoms with E-state index in [1.165, 1.54) is 4.68 Å². The lowest BCUT2D eigenvalue weighted by Crippen LogP contribution is -2.49. The highest BCUT2D eigenvalue weighted by molar-refractivity contribution is 6.22. The number of halogens is 3. The molecule has 0 aliphatic heterocycles. The standard InChI is InChI=1S/C23H17ClF2N6O/c1-13-29-18-5-3-16(7-20(18)30-13)33-15-2-4-17-19(6-15)31-21(9-27-17)14-8-28-32(10-14)22(24)11-23(25,26)12-22/h2-10H,11-12H2,1H3,(H,29,30). The highest BCUT2D eigenvalue weighted by Crippen LogP contribution is 2.53. The summed E-state index contributed by atoms with van der Waals surface area (Å²) in [6, 6.07) is 11.1. The van der Waals surface area contributed by atoms with E-state index < -0.39 is 23.8 Å². The largest absolute Gasteiger partial charge is 0.457 e. The van der Waals surface area contributed by atoms with Crippen molar-refractivity contribution < 1.29 is 13.5 Å². The maximum atomic E-state index is 13.3. The van der Waals surface area contributed by atoms with Crippen molar-refractivity contribution in [3.8, 4) is 22.8 Å². The smallest absolute Gasteiger partial charge is 0.255 e. The van der Waals surface area contributed by atoms with Crippen LogP contribution in [-0.2, 0) is 5.00 Å². The van der Waals surface area contributed by atoms with Crippen molar-refractivity contribution in [2.45, 2.75) is 30.7 Å². The van der Waals surface area contributed by atoms with E-state index >= 15 is 0 Å². The molecule has 0 saturated heterocycles. The van der Waals surface area contributed by atoms with E-state index in [1.807, 2.05) is 37.3 Å². The van der Waals surface area contributed by atoms with Crippen LogP contribution in [0.4, 0.5) is 8.78 Å². The molecule has 3 aromatic heterocycles. The van der Waals surface area contributed by atoms with E-state index in [-0.39, 0.29) is 0 Å². The molecule has 7 nitrogen and oxygen atoms in total. The Morgan fingerprint density at radius 3 is 2.55 bits per heavy atom. The first-order valence-corrected chi connectivity index (χ1v) is 10.7. The van der Waals surface area contributed by atoms with Gasteiger partial charge in [0, 0.05) is 23.9 Å². The quantitative estimate of drug-likeness (QED) is 0.339. The number of aromatic nitrogens is 6. The summed E-state index contributed by atoms with van der Waals surface area (Å²) < 4.78 is 34.1. The fourth-order valence-corrected chi connectivity index (χ4v) is 4.57. The molecule has 0 amide bonds. The molecule has 2 aromatic carbocycles. The van der Waals surface area contributed by atoms with Gasteiger partial charge in [0.05, 0.1) is 53.0 Å². The number of nitrogens with zero attached hydrogens (tertiary/aromatic N) is 5. The summed E-state index contributed by atoms with van der Waals surface area (Å²) in [7, 11) is 0. The predicted octanol–water partition coefficient (Wildman–Crippen LogP) is 5.79.